The van der Waals surface area contributed by atoms with Gasteiger partial charge in [-0.15, -0.1) is 0 Å². The summed E-state index contributed by atoms with van der Waals surface area (Å²) in [6, 6.07) is 9.39. The van der Waals surface area contributed by atoms with E-state index >= 15 is 0 Å². The summed E-state index contributed by atoms with van der Waals surface area (Å²) in [6.45, 7) is 1.78. The highest BCUT2D eigenvalue weighted by Crippen LogP contribution is 2.33. The SMILES string of the molecule is CN1CCCC1CCNC(=O)c1ccc2c(c1)[nH]c1ccc3c(c12)C(=O)NC3=O. The molecule has 5 rings (SSSR count). The van der Waals surface area contributed by atoms with E-state index in [9.17, 15) is 14.4 Å². The Hall–Kier alpha value is -3.19. The minimum absolute atomic E-state index is 0.107. The van der Waals surface area contributed by atoms with Crippen molar-refractivity contribution in [2.45, 2.75) is 25.3 Å². The zero-order chi connectivity index (χ0) is 20.1. The number of nitrogens with one attached hydrogen (secondary N) is 3. The average Bonchev–Trinajstić information content (AvgIpc) is 3.36. The van der Waals surface area contributed by atoms with Crippen LogP contribution < -0.4 is 10.6 Å². The van der Waals surface area contributed by atoms with Crippen molar-refractivity contribution in [3.8, 4) is 0 Å². The van der Waals surface area contributed by atoms with Crippen LogP contribution in [0.1, 0.15) is 50.3 Å². The van der Waals surface area contributed by atoms with Crippen LogP contribution in [0.3, 0.4) is 0 Å². The lowest BCUT2D eigenvalue weighted by atomic mass is 10.0. The molecule has 0 bridgehead atoms. The molecule has 7 heteroatoms. The third-order valence-corrected chi connectivity index (χ3v) is 6.16. The maximum Gasteiger partial charge on any atom is 0.259 e. The molecule has 3 heterocycles. The predicted octanol–water partition coefficient (Wildman–Crippen LogP) is 2.42. The molecule has 1 aromatic heterocycles. The van der Waals surface area contributed by atoms with Crippen molar-refractivity contribution in [3.05, 3.63) is 47.0 Å². The normalized spacial score (nSPS) is 19.1. The first-order chi connectivity index (χ1) is 14.0. The Kier molecular flexibility index (Phi) is 4.13. The first-order valence-electron chi connectivity index (χ1n) is 9.95. The van der Waals surface area contributed by atoms with Crippen LogP contribution in [-0.4, -0.2) is 53.8 Å². The average molecular weight is 390 g/mol. The molecule has 1 fully saturated rings. The quantitative estimate of drug-likeness (QED) is 0.597. The van der Waals surface area contributed by atoms with Crippen LogP contribution in [0.25, 0.3) is 21.8 Å². The Morgan fingerprint density at radius 2 is 2.03 bits per heavy atom. The van der Waals surface area contributed by atoms with Gasteiger partial charge in [-0.05, 0) is 57.1 Å². The minimum atomic E-state index is -0.379. The largest absolute Gasteiger partial charge is 0.354 e. The highest BCUT2D eigenvalue weighted by Gasteiger charge is 2.30. The summed E-state index contributed by atoms with van der Waals surface area (Å²) in [6.07, 6.45) is 3.36. The van der Waals surface area contributed by atoms with Crippen molar-refractivity contribution in [3.63, 3.8) is 0 Å². The number of imide groups is 1. The number of carbonyl (C=O) groups is 3. The van der Waals surface area contributed by atoms with Gasteiger partial charge in [-0.1, -0.05) is 6.07 Å². The molecule has 1 saturated heterocycles. The number of amides is 3. The van der Waals surface area contributed by atoms with Gasteiger partial charge in [-0.25, -0.2) is 0 Å². The highest BCUT2D eigenvalue weighted by molar-refractivity contribution is 6.30. The van der Waals surface area contributed by atoms with Crippen molar-refractivity contribution in [2.24, 2.45) is 0 Å². The number of benzene rings is 2. The Labute approximate surface area is 167 Å². The number of hydrogen-bond donors (Lipinski definition) is 3. The number of hydrogen-bond acceptors (Lipinski definition) is 4. The molecule has 3 aromatic rings. The number of likely N-dealkylation sites (tertiary alicyclic amines) is 1. The number of aromatic amines is 1. The zero-order valence-corrected chi connectivity index (χ0v) is 16.2. The van der Waals surface area contributed by atoms with Gasteiger partial charge in [-0.3, -0.25) is 19.7 Å². The molecule has 3 amide bonds. The molecule has 2 aromatic carbocycles. The lowest BCUT2D eigenvalue weighted by molar-refractivity contribution is 0.0878. The van der Waals surface area contributed by atoms with E-state index in [2.05, 4.69) is 27.6 Å². The summed E-state index contributed by atoms with van der Waals surface area (Å²) < 4.78 is 0. The third kappa shape index (κ3) is 2.89. The van der Waals surface area contributed by atoms with E-state index in [0.717, 1.165) is 34.8 Å². The number of carbonyl (C=O) groups excluding carboxylic acids is 3. The fourth-order valence-electron chi connectivity index (χ4n) is 4.59. The molecule has 2 aliphatic heterocycles. The molecule has 1 atom stereocenters. The number of H-pyrrole nitrogens is 1. The summed E-state index contributed by atoms with van der Waals surface area (Å²) in [5, 5.41) is 6.90. The van der Waals surface area contributed by atoms with E-state index in [4.69, 9.17) is 0 Å². The van der Waals surface area contributed by atoms with Crippen LogP contribution in [0.15, 0.2) is 30.3 Å². The Morgan fingerprint density at radius 1 is 1.17 bits per heavy atom. The number of aromatic nitrogens is 1. The fourth-order valence-corrected chi connectivity index (χ4v) is 4.59. The van der Waals surface area contributed by atoms with Gasteiger partial charge in [0, 0.05) is 40.0 Å². The van der Waals surface area contributed by atoms with Crippen LogP contribution in [0.4, 0.5) is 0 Å². The predicted molar refractivity (Wildman–Crippen MR) is 110 cm³/mol. The molecule has 1 unspecified atom stereocenters. The van der Waals surface area contributed by atoms with Crippen LogP contribution in [0, 0.1) is 0 Å². The van der Waals surface area contributed by atoms with Gasteiger partial charge in [-0.2, -0.15) is 0 Å². The van der Waals surface area contributed by atoms with E-state index in [-0.39, 0.29) is 17.7 Å². The Morgan fingerprint density at radius 3 is 2.83 bits per heavy atom. The lowest BCUT2D eigenvalue weighted by Crippen LogP contribution is -2.31. The second kappa shape index (κ2) is 6.70. The van der Waals surface area contributed by atoms with Gasteiger partial charge < -0.3 is 15.2 Å². The van der Waals surface area contributed by atoms with E-state index in [0.29, 0.717) is 29.3 Å². The fraction of sp³-hybridized carbons (Fsp3) is 0.318. The monoisotopic (exact) mass is 390 g/mol. The standard InChI is InChI=1S/C22H22N4O3/c1-26-10-2-3-13(26)8-9-23-20(27)12-4-5-14-17(11-12)24-16-7-6-15-19(18(14)16)22(29)25-21(15)28/h4-7,11,13,24H,2-3,8-10H2,1H3,(H,23,27)(H,25,28,29). The van der Waals surface area contributed by atoms with Crippen LogP contribution in [0.5, 0.6) is 0 Å². The summed E-state index contributed by atoms with van der Waals surface area (Å²) in [4.78, 5) is 42.4. The van der Waals surface area contributed by atoms with E-state index < -0.39 is 0 Å². The Balaban J connectivity index is 1.41. The smallest absolute Gasteiger partial charge is 0.259 e. The highest BCUT2D eigenvalue weighted by atomic mass is 16.2. The van der Waals surface area contributed by atoms with Crippen LogP contribution in [0.2, 0.25) is 0 Å². The molecule has 0 aliphatic carbocycles. The molecule has 148 valence electrons. The van der Waals surface area contributed by atoms with Crippen molar-refractivity contribution in [2.75, 3.05) is 20.1 Å². The summed E-state index contributed by atoms with van der Waals surface area (Å²) in [5.41, 5.74) is 2.90. The van der Waals surface area contributed by atoms with Gasteiger partial charge in [0.05, 0.1) is 11.1 Å². The van der Waals surface area contributed by atoms with Crippen LogP contribution in [-0.2, 0) is 0 Å². The molecular formula is C22H22N4O3. The second-order valence-electron chi connectivity index (χ2n) is 7.90. The number of nitrogens with zero attached hydrogens (tertiary/aromatic N) is 1. The van der Waals surface area contributed by atoms with Gasteiger partial charge in [0.15, 0.2) is 0 Å². The minimum Gasteiger partial charge on any atom is -0.354 e. The maximum atomic E-state index is 12.6. The summed E-state index contributed by atoms with van der Waals surface area (Å²) >= 11 is 0. The third-order valence-electron chi connectivity index (χ3n) is 6.16. The Bertz CT molecular complexity index is 1180. The lowest BCUT2D eigenvalue weighted by Gasteiger charge is -2.19. The van der Waals surface area contributed by atoms with Crippen molar-refractivity contribution < 1.29 is 14.4 Å². The zero-order valence-electron chi connectivity index (χ0n) is 16.2. The van der Waals surface area contributed by atoms with Gasteiger partial charge in [0.2, 0.25) is 0 Å². The number of rotatable bonds is 4. The van der Waals surface area contributed by atoms with Gasteiger partial charge >= 0.3 is 0 Å². The molecule has 3 N–H and O–H groups in total. The first-order valence-corrected chi connectivity index (χ1v) is 9.95. The van der Waals surface area contributed by atoms with E-state index in [1.165, 1.54) is 12.8 Å². The molecule has 0 radical (unpaired) electrons. The molecule has 29 heavy (non-hydrogen) atoms. The molecule has 0 spiro atoms. The van der Waals surface area contributed by atoms with Gasteiger partial charge in [0.1, 0.15) is 0 Å². The van der Waals surface area contributed by atoms with E-state index in [1.54, 1.807) is 24.3 Å². The first kappa shape index (κ1) is 17.9. The van der Waals surface area contributed by atoms with Crippen molar-refractivity contribution in [1.29, 1.82) is 0 Å². The molecule has 2 aliphatic rings. The second-order valence-corrected chi connectivity index (χ2v) is 7.90. The summed E-state index contributed by atoms with van der Waals surface area (Å²) in [7, 11) is 2.13. The van der Waals surface area contributed by atoms with E-state index in [1.807, 2.05) is 6.07 Å². The molecule has 0 saturated carbocycles. The molecule has 7 nitrogen and oxygen atoms in total. The van der Waals surface area contributed by atoms with Gasteiger partial charge in [0.25, 0.3) is 17.7 Å². The number of fused-ring (bicyclic) bond motifs is 5. The van der Waals surface area contributed by atoms with Crippen LogP contribution >= 0.6 is 0 Å². The van der Waals surface area contributed by atoms with Crippen molar-refractivity contribution in [1.82, 2.24) is 20.5 Å². The topological polar surface area (TPSA) is 94.3 Å². The molecular weight excluding hydrogens is 368 g/mol. The summed E-state index contributed by atoms with van der Waals surface area (Å²) in [5.74, 6) is -0.857. The van der Waals surface area contributed by atoms with Crippen molar-refractivity contribution >= 4 is 39.5 Å². The maximum absolute atomic E-state index is 12.6.